The van der Waals surface area contributed by atoms with E-state index in [1.807, 2.05) is 43.5 Å². The lowest BCUT2D eigenvalue weighted by molar-refractivity contribution is -0.192. The maximum Gasteiger partial charge on any atom is 0.490 e. The van der Waals surface area contributed by atoms with Crippen molar-refractivity contribution in [2.24, 2.45) is 0 Å². The van der Waals surface area contributed by atoms with Crippen molar-refractivity contribution in [3.05, 3.63) is 89.3 Å². The van der Waals surface area contributed by atoms with Crippen molar-refractivity contribution in [2.75, 3.05) is 0 Å². The summed E-state index contributed by atoms with van der Waals surface area (Å²) in [6, 6.07) is 17.9. The van der Waals surface area contributed by atoms with E-state index in [1.165, 1.54) is 28.3 Å². The topological polar surface area (TPSA) is 106 Å². The van der Waals surface area contributed by atoms with Gasteiger partial charge in [-0.1, -0.05) is 36.4 Å². The zero-order chi connectivity index (χ0) is 26.7. The molecular weight excluding hydrogens is 509 g/mol. The summed E-state index contributed by atoms with van der Waals surface area (Å²) in [6.45, 7) is 2.04. The first kappa shape index (κ1) is 26.1. The van der Waals surface area contributed by atoms with Crippen molar-refractivity contribution in [1.29, 1.82) is 0 Å². The Kier molecular flexibility index (Phi) is 7.44. The maximum atomic E-state index is 11.9. The second-order valence-corrected chi connectivity index (χ2v) is 9.41. The van der Waals surface area contributed by atoms with E-state index < -0.39 is 23.1 Å². The molecule has 2 aromatic carbocycles. The van der Waals surface area contributed by atoms with Crippen LogP contribution in [0.4, 0.5) is 13.2 Å². The fourth-order valence-electron chi connectivity index (χ4n) is 4.16. The van der Waals surface area contributed by atoms with Gasteiger partial charge in [0, 0.05) is 23.5 Å². The smallest absolute Gasteiger partial charge is 0.486 e. The van der Waals surface area contributed by atoms with E-state index in [9.17, 15) is 22.2 Å². The summed E-state index contributed by atoms with van der Waals surface area (Å²) in [7, 11) is -1.49. The predicted molar refractivity (Wildman–Crippen MR) is 130 cm³/mol. The zero-order valence-corrected chi connectivity index (χ0v) is 20.2. The van der Waals surface area contributed by atoms with E-state index in [-0.39, 0.29) is 12.0 Å². The molecule has 1 unspecified atom stereocenters. The number of ether oxygens (including phenoxy) is 1. The van der Waals surface area contributed by atoms with Gasteiger partial charge in [0.15, 0.2) is 11.0 Å². The number of halogens is 3. The van der Waals surface area contributed by atoms with Gasteiger partial charge in [-0.05, 0) is 60.2 Å². The highest BCUT2D eigenvalue weighted by atomic mass is 32.2. The lowest BCUT2D eigenvalue weighted by Crippen LogP contribution is -2.21. The SMILES string of the molecule is Cc1ncccc1-c1cccc2c1CC[C@H]2Oc1ccc(C2=CC(=O)NS2=O)cc1.O=C(O)C(F)(F)F. The van der Waals surface area contributed by atoms with E-state index in [0.29, 0.717) is 4.91 Å². The average Bonchev–Trinajstić information content (AvgIpc) is 3.42. The Labute approximate surface area is 212 Å². The number of hydrogen-bond donors (Lipinski definition) is 2. The molecule has 0 radical (unpaired) electrons. The number of fused-ring (bicyclic) bond motifs is 1. The average molecular weight is 531 g/mol. The fraction of sp³-hybridized carbons (Fsp3) is 0.192. The number of aryl methyl sites for hydroxylation is 1. The van der Waals surface area contributed by atoms with Crippen molar-refractivity contribution in [3.8, 4) is 16.9 Å². The molecule has 0 spiro atoms. The molecular formula is C26H21F3N2O5S. The van der Waals surface area contributed by atoms with Crippen LogP contribution in [0.2, 0.25) is 0 Å². The molecule has 1 aliphatic carbocycles. The largest absolute Gasteiger partial charge is 0.490 e. The lowest BCUT2D eigenvalue weighted by atomic mass is 9.96. The van der Waals surface area contributed by atoms with Crippen molar-refractivity contribution in [2.45, 2.75) is 32.0 Å². The van der Waals surface area contributed by atoms with E-state index >= 15 is 0 Å². The van der Waals surface area contributed by atoms with Gasteiger partial charge >= 0.3 is 12.1 Å². The highest BCUT2D eigenvalue weighted by Crippen LogP contribution is 2.40. The number of nitrogens with one attached hydrogen (secondary N) is 1. The molecule has 1 aliphatic heterocycles. The number of alkyl halides is 3. The summed E-state index contributed by atoms with van der Waals surface area (Å²) in [5, 5.41) is 7.12. The Morgan fingerprint density at radius 3 is 2.38 bits per heavy atom. The highest BCUT2D eigenvalue weighted by molar-refractivity contribution is 7.93. The fourth-order valence-corrected chi connectivity index (χ4v) is 5.08. The number of pyridine rings is 1. The number of carbonyl (C=O) groups is 2. The molecule has 2 atom stereocenters. The van der Waals surface area contributed by atoms with Gasteiger partial charge in [-0.15, -0.1) is 0 Å². The normalized spacial score (nSPS) is 18.3. The summed E-state index contributed by atoms with van der Waals surface area (Å²) in [6.07, 6.45) is -0.0173. The number of aromatic nitrogens is 1. The van der Waals surface area contributed by atoms with E-state index in [1.54, 1.807) is 0 Å². The third-order valence-corrected chi connectivity index (χ3v) is 6.97. The number of hydrogen-bond acceptors (Lipinski definition) is 5. The second-order valence-electron chi connectivity index (χ2n) is 8.23. The second kappa shape index (κ2) is 10.6. The number of carbonyl (C=O) groups excluding carboxylic acids is 1. The van der Waals surface area contributed by atoms with E-state index in [2.05, 4.69) is 34.0 Å². The predicted octanol–water partition coefficient (Wildman–Crippen LogP) is 4.89. The highest BCUT2D eigenvalue weighted by Gasteiger charge is 2.38. The van der Waals surface area contributed by atoms with Crippen molar-refractivity contribution in [3.63, 3.8) is 0 Å². The van der Waals surface area contributed by atoms with Crippen LogP contribution < -0.4 is 9.46 Å². The number of nitrogens with zero attached hydrogens (tertiary/aromatic N) is 1. The Hall–Kier alpha value is -3.99. The van der Waals surface area contributed by atoms with Gasteiger partial charge in [0.25, 0.3) is 5.91 Å². The van der Waals surface area contributed by atoms with Crippen molar-refractivity contribution >= 4 is 27.8 Å². The minimum Gasteiger partial charge on any atom is -0.486 e. The summed E-state index contributed by atoms with van der Waals surface area (Å²) in [5.41, 5.74) is 6.71. The van der Waals surface area contributed by atoms with Gasteiger partial charge in [0.2, 0.25) is 0 Å². The monoisotopic (exact) mass is 530 g/mol. The number of rotatable bonds is 4. The minimum atomic E-state index is -5.08. The Morgan fingerprint density at radius 2 is 1.78 bits per heavy atom. The number of aliphatic carboxylic acids is 1. The first-order valence-corrected chi connectivity index (χ1v) is 12.2. The summed E-state index contributed by atoms with van der Waals surface area (Å²) in [4.78, 5) is 25.2. The molecule has 1 amide bonds. The summed E-state index contributed by atoms with van der Waals surface area (Å²) >= 11 is 0. The number of carboxylic acid groups (broad SMARTS) is 1. The van der Waals surface area contributed by atoms with Crippen LogP contribution in [0.15, 0.2) is 66.9 Å². The number of amides is 1. The van der Waals surface area contributed by atoms with Crippen molar-refractivity contribution < 1.29 is 36.8 Å². The first-order chi connectivity index (χ1) is 17.5. The quantitative estimate of drug-likeness (QED) is 0.498. The van der Waals surface area contributed by atoms with Crippen LogP contribution >= 0.6 is 0 Å². The molecule has 2 N–H and O–H groups in total. The molecule has 0 fully saturated rings. The van der Waals surface area contributed by atoms with Crippen LogP contribution in [0.25, 0.3) is 16.0 Å². The van der Waals surface area contributed by atoms with Gasteiger partial charge < -0.3 is 9.84 Å². The van der Waals surface area contributed by atoms with Crippen LogP contribution in [-0.2, 0) is 27.0 Å². The van der Waals surface area contributed by atoms with Gasteiger partial charge in [-0.3, -0.25) is 14.5 Å². The molecule has 2 aliphatic rings. The Bertz CT molecular complexity index is 1400. The molecule has 11 heteroatoms. The minimum absolute atomic E-state index is 0.00847. The zero-order valence-electron chi connectivity index (χ0n) is 19.4. The van der Waals surface area contributed by atoms with E-state index in [0.717, 1.165) is 29.8 Å². The standard InChI is InChI=1S/C24H20N2O3S.C2HF3O2/c1-15-18(6-3-13-25-15)19-4-2-5-21-20(19)11-12-22(21)29-17-9-7-16(8-10-17)23-14-24(27)26-30(23)28;3-2(4,5)1(6)7/h2-10,13-14,22H,11-12H2,1H3,(H,26,27);(H,6,7)/t22-,30?;/m1./s1. The van der Waals surface area contributed by atoms with Crippen LogP contribution in [0.5, 0.6) is 5.75 Å². The molecule has 0 bridgehead atoms. The van der Waals surface area contributed by atoms with Crippen LogP contribution in [0.1, 0.15) is 34.9 Å². The maximum absolute atomic E-state index is 11.9. The van der Waals surface area contributed by atoms with Gasteiger partial charge in [-0.2, -0.15) is 13.2 Å². The lowest BCUT2D eigenvalue weighted by Gasteiger charge is -2.16. The van der Waals surface area contributed by atoms with Gasteiger partial charge in [0.1, 0.15) is 11.9 Å². The Balaban J connectivity index is 0.000000405. The molecule has 7 nitrogen and oxygen atoms in total. The molecule has 5 rings (SSSR count). The van der Waals surface area contributed by atoms with Crippen LogP contribution in [0.3, 0.4) is 0 Å². The molecule has 0 saturated carbocycles. The molecule has 0 saturated heterocycles. The molecule has 192 valence electrons. The van der Waals surface area contributed by atoms with Gasteiger partial charge in [0.05, 0.1) is 4.91 Å². The Morgan fingerprint density at radius 1 is 1.11 bits per heavy atom. The summed E-state index contributed by atoms with van der Waals surface area (Å²) in [5.74, 6) is -2.33. The number of carboxylic acids is 1. The van der Waals surface area contributed by atoms with E-state index in [4.69, 9.17) is 14.6 Å². The molecule has 37 heavy (non-hydrogen) atoms. The van der Waals surface area contributed by atoms with Crippen molar-refractivity contribution in [1.82, 2.24) is 9.71 Å². The third-order valence-electron chi connectivity index (χ3n) is 5.83. The molecule has 1 aromatic heterocycles. The first-order valence-electron chi connectivity index (χ1n) is 11.1. The van der Waals surface area contributed by atoms with Gasteiger partial charge in [-0.25, -0.2) is 9.00 Å². The summed E-state index contributed by atoms with van der Waals surface area (Å²) < 4.78 is 52.3. The third kappa shape index (κ3) is 5.88. The molecule has 3 aromatic rings. The van der Waals surface area contributed by atoms with Crippen LogP contribution in [0, 0.1) is 6.92 Å². The molecule has 2 heterocycles. The van der Waals surface area contributed by atoms with Crippen LogP contribution in [-0.4, -0.2) is 32.4 Å². The number of benzene rings is 2.